The standard InChI is InChI=1S/C18H21N3O9S3/c22-13(1-10-31)28-7-4-19-16(25)20(5-8-29-14(23)2-11-32)18(27)21(17(19)26)6-9-30-15(24)3-12-33/h10-12H,1-9H2. The van der Waals surface area contributed by atoms with Crippen molar-refractivity contribution in [1.29, 1.82) is 0 Å². The minimum absolute atomic E-state index is 0.131. The van der Waals surface area contributed by atoms with Gasteiger partial charge in [0.1, 0.15) is 19.8 Å². The van der Waals surface area contributed by atoms with E-state index in [0.29, 0.717) is 13.7 Å². The number of esters is 3. The number of hydrogen-bond acceptors (Lipinski definition) is 12. The minimum atomic E-state index is -0.990. The van der Waals surface area contributed by atoms with E-state index in [1.807, 2.05) is 0 Å². The Morgan fingerprint density at radius 3 is 1.03 bits per heavy atom. The third-order valence-electron chi connectivity index (χ3n) is 3.87. The van der Waals surface area contributed by atoms with Crippen LogP contribution in [0.25, 0.3) is 0 Å². The van der Waals surface area contributed by atoms with Gasteiger partial charge in [-0.05, 0) is 16.1 Å². The summed E-state index contributed by atoms with van der Waals surface area (Å²) in [6.45, 7) is -2.04. The predicted molar refractivity (Wildman–Crippen MR) is 127 cm³/mol. The SMILES string of the molecule is O=C(CC=S)OCCn1c(=O)n(CCOC(=O)CC=S)c(=O)n(CCOC(=O)CC=S)c1=O. The van der Waals surface area contributed by atoms with Crippen LogP contribution in [-0.2, 0) is 48.2 Å². The lowest BCUT2D eigenvalue weighted by molar-refractivity contribution is -0.143. The van der Waals surface area contributed by atoms with Crippen LogP contribution in [0.4, 0.5) is 0 Å². The van der Waals surface area contributed by atoms with Crippen molar-refractivity contribution < 1.29 is 28.6 Å². The normalized spacial score (nSPS) is 10.2. The Hall–Kier alpha value is -2.91. The Morgan fingerprint density at radius 1 is 0.576 bits per heavy atom. The number of rotatable bonds is 15. The molecule has 12 nitrogen and oxygen atoms in total. The van der Waals surface area contributed by atoms with E-state index in [0.717, 1.165) is 16.1 Å². The number of thiocarbonyl (C=S) groups is 3. The molecule has 0 radical (unpaired) electrons. The lowest BCUT2D eigenvalue weighted by Gasteiger charge is -2.14. The molecule has 1 rings (SSSR count). The van der Waals surface area contributed by atoms with Gasteiger partial charge in [-0.3, -0.25) is 14.4 Å². The van der Waals surface area contributed by atoms with Crippen molar-refractivity contribution in [3.63, 3.8) is 0 Å². The summed E-state index contributed by atoms with van der Waals surface area (Å²) in [6, 6.07) is 0. The van der Waals surface area contributed by atoms with Gasteiger partial charge in [0, 0.05) is 0 Å². The van der Waals surface area contributed by atoms with Crippen LogP contribution < -0.4 is 17.1 Å². The number of carbonyl (C=O) groups is 3. The molecule has 0 fully saturated rings. The number of aromatic nitrogens is 3. The quantitative estimate of drug-likeness (QED) is 0.159. The molecule has 0 amide bonds. The topological polar surface area (TPSA) is 145 Å². The van der Waals surface area contributed by atoms with Crippen LogP contribution >= 0.6 is 36.7 Å². The summed E-state index contributed by atoms with van der Waals surface area (Å²) >= 11 is 13.7. The Kier molecular flexibility index (Phi) is 12.8. The smallest absolute Gasteiger partial charge is 0.336 e. The summed E-state index contributed by atoms with van der Waals surface area (Å²) in [6.07, 6.45) is -0.392. The average Bonchev–Trinajstić information content (AvgIpc) is 2.76. The molecule has 0 unspecified atom stereocenters. The summed E-state index contributed by atoms with van der Waals surface area (Å²) < 4.78 is 16.7. The third kappa shape index (κ3) is 9.23. The molecule has 0 bridgehead atoms. The molecule has 1 heterocycles. The highest BCUT2D eigenvalue weighted by molar-refractivity contribution is 7.79. The molecule has 1 aromatic rings. The zero-order valence-corrected chi connectivity index (χ0v) is 19.8. The van der Waals surface area contributed by atoms with E-state index in [2.05, 4.69) is 36.7 Å². The molecule has 0 aromatic carbocycles. The van der Waals surface area contributed by atoms with E-state index in [9.17, 15) is 28.8 Å². The van der Waals surface area contributed by atoms with Crippen LogP contribution in [0.3, 0.4) is 0 Å². The van der Waals surface area contributed by atoms with Gasteiger partial charge in [-0.2, -0.15) is 0 Å². The Balaban J connectivity index is 3.16. The molecular formula is C18H21N3O9S3. The number of hydrogen-bond donors (Lipinski definition) is 0. The number of carbonyl (C=O) groups excluding carboxylic acids is 3. The van der Waals surface area contributed by atoms with Crippen LogP contribution in [0.2, 0.25) is 0 Å². The van der Waals surface area contributed by atoms with Gasteiger partial charge in [-0.25, -0.2) is 28.1 Å². The fraction of sp³-hybridized carbons (Fsp3) is 0.500. The summed E-state index contributed by atoms with van der Waals surface area (Å²) in [5, 5.41) is 3.49. The maximum Gasteiger partial charge on any atom is 0.336 e. The summed E-state index contributed by atoms with van der Waals surface area (Å²) in [7, 11) is 0. The lowest BCUT2D eigenvalue weighted by atomic mass is 10.5. The molecule has 33 heavy (non-hydrogen) atoms. The van der Waals surface area contributed by atoms with E-state index < -0.39 is 35.0 Å². The summed E-state index contributed by atoms with van der Waals surface area (Å²) in [5.41, 5.74) is -2.97. The zero-order chi connectivity index (χ0) is 24.8. The van der Waals surface area contributed by atoms with E-state index in [-0.39, 0.29) is 58.7 Å². The molecule has 0 aliphatic heterocycles. The van der Waals surface area contributed by atoms with E-state index in [1.165, 1.54) is 0 Å². The lowest BCUT2D eigenvalue weighted by Crippen LogP contribution is -2.55. The van der Waals surface area contributed by atoms with Crippen molar-refractivity contribution >= 4 is 70.7 Å². The molecule has 0 saturated carbocycles. The second kappa shape index (κ2) is 15.0. The maximum atomic E-state index is 12.7. The van der Waals surface area contributed by atoms with Gasteiger partial charge in [0.25, 0.3) is 0 Å². The molecule has 0 atom stereocenters. The molecule has 15 heteroatoms. The molecular weight excluding hydrogens is 498 g/mol. The van der Waals surface area contributed by atoms with Gasteiger partial charge in [0.05, 0.1) is 38.9 Å². The molecule has 180 valence electrons. The van der Waals surface area contributed by atoms with Crippen molar-refractivity contribution in [3.05, 3.63) is 31.5 Å². The molecule has 1 aromatic heterocycles. The minimum Gasteiger partial charge on any atom is -0.464 e. The Morgan fingerprint density at radius 2 is 0.818 bits per heavy atom. The second-order valence-electron chi connectivity index (χ2n) is 6.08. The first-order valence-corrected chi connectivity index (χ1v) is 10.9. The largest absolute Gasteiger partial charge is 0.464 e. The first-order chi connectivity index (χ1) is 15.8. The van der Waals surface area contributed by atoms with Gasteiger partial charge in [0.2, 0.25) is 0 Å². The summed E-state index contributed by atoms with van der Waals surface area (Å²) in [4.78, 5) is 72.5. The van der Waals surface area contributed by atoms with Crippen molar-refractivity contribution in [1.82, 2.24) is 13.7 Å². The van der Waals surface area contributed by atoms with Crippen molar-refractivity contribution in [2.24, 2.45) is 0 Å². The van der Waals surface area contributed by atoms with Gasteiger partial charge < -0.3 is 14.2 Å². The first kappa shape index (κ1) is 28.1. The van der Waals surface area contributed by atoms with Crippen LogP contribution in [0.15, 0.2) is 14.4 Å². The molecule has 0 saturated heterocycles. The highest BCUT2D eigenvalue weighted by Gasteiger charge is 2.17. The second-order valence-corrected chi connectivity index (χ2v) is 7.08. The van der Waals surface area contributed by atoms with Gasteiger partial charge >= 0.3 is 35.0 Å². The number of ether oxygens (including phenoxy) is 3. The first-order valence-electron chi connectivity index (χ1n) is 9.49. The number of nitrogens with zero attached hydrogens (tertiary/aromatic N) is 3. The summed E-state index contributed by atoms with van der Waals surface area (Å²) in [5.74, 6) is -1.95. The van der Waals surface area contributed by atoms with Crippen molar-refractivity contribution in [3.8, 4) is 0 Å². The maximum absolute atomic E-state index is 12.7. The highest BCUT2D eigenvalue weighted by Crippen LogP contribution is 1.89. The molecule has 0 aliphatic carbocycles. The average molecular weight is 520 g/mol. The molecule has 0 spiro atoms. The zero-order valence-electron chi connectivity index (χ0n) is 17.3. The Bertz CT molecular complexity index is 911. The van der Waals surface area contributed by atoms with Gasteiger partial charge in [-0.1, -0.05) is 36.7 Å². The molecule has 0 aliphatic rings. The van der Waals surface area contributed by atoms with Crippen LogP contribution in [0.1, 0.15) is 19.3 Å². The van der Waals surface area contributed by atoms with Crippen LogP contribution in [-0.4, -0.2) is 67.5 Å². The van der Waals surface area contributed by atoms with E-state index in [4.69, 9.17) is 14.2 Å². The predicted octanol–water partition coefficient (Wildman–Crippen LogP) is -1.03. The Labute approximate surface area is 203 Å². The van der Waals surface area contributed by atoms with Crippen LogP contribution in [0, 0.1) is 0 Å². The fourth-order valence-electron chi connectivity index (χ4n) is 2.39. The molecule has 0 N–H and O–H groups in total. The highest BCUT2D eigenvalue weighted by atomic mass is 32.1. The van der Waals surface area contributed by atoms with Crippen molar-refractivity contribution in [2.45, 2.75) is 38.9 Å². The van der Waals surface area contributed by atoms with Gasteiger partial charge in [0.15, 0.2) is 0 Å². The van der Waals surface area contributed by atoms with Crippen molar-refractivity contribution in [2.75, 3.05) is 19.8 Å². The van der Waals surface area contributed by atoms with E-state index in [1.54, 1.807) is 0 Å². The third-order valence-corrected chi connectivity index (χ3v) is 4.37. The fourth-order valence-corrected chi connectivity index (χ4v) is 2.80. The van der Waals surface area contributed by atoms with E-state index >= 15 is 0 Å². The van der Waals surface area contributed by atoms with Crippen LogP contribution in [0.5, 0.6) is 0 Å². The monoisotopic (exact) mass is 519 g/mol. The van der Waals surface area contributed by atoms with Gasteiger partial charge in [-0.15, -0.1) is 0 Å².